The van der Waals surface area contributed by atoms with Crippen LogP contribution in [0.3, 0.4) is 0 Å². The lowest BCUT2D eigenvalue weighted by Gasteiger charge is -2.25. The second-order valence-electron chi connectivity index (χ2n) is 6.84. The third-order valence-corrected chi connectivity index (χ3v) is 4.01. The number of hydrogen-bond donors (Lipinski definition) is 0. The first kappa shape index (κ1) is 12.3. The lowest BCUT2D eigenvalue weighted by molar-refractivity contribution is 0.112. The van der Waals surface area contributed by atoms with Gasteiger partial charge < -0.3 is 0 Å². The summed E-state index contributed by atoms with van der Waals surface area (Å²) in [5.74, 6) is 0. The van der Waals surface area contributed by atoms with Gasteiger partial charge in [-0.2, -0.15) is 0 Å². The molecular weight excluding hydrogens is 208 g/mol. The van der Waals surface area contributed by atoms with Gasteiger partial charge in [0, 0.05) is 5.56 Å². The summed E-state index contributed by atoms with van der Waals surface area (Å²) in [6.45, 7) is 11.2. The van der Waals surface area contributed by atoms with Crippen LogP contribution in [0.15, 0.2) is 12.1 Å². The van der Waals surface area contributed by atoms with Crippen LogP contribution in [0.4, 0.5) is 0 Å². The number of rotatable bonds is 1. The summed E-state index contributed by atoms with van der Waals surface area (Å²) in [4.78, 5) is 11.3. The van der Waals surface area contributed by atoms with Crippen molar-refractivity contribution in [2.24, 2.45) is 0 Å². The third kappa shape index (κ3) is 2.03. The van der Waals surface area contributed by atoms with Crippen LogP contribution < -0.4 is 0 Å². The minimum Gasteiger partial charge on any atom is -0.298 e. The molecule has 0 spiro atoms. The van der Waals surface area contributed by atoms with Crippen molar-refractivity contribution in [2.75, 3.05) is 0 Å². The monoisotopic (exact) mass is 230 g/mol. The predicted octanol–water partition coefficient (Wildman–Crippen LogP) is 4.02. The van der Waals surface area contributed by atoms with Crippen LogP contribution in [-0.4, -0.2) is 6.29 Å². The molecular formula is C16H22O. The number of hydrogen-bond acceptors (Lipinski definition) is 1. The average Bonchev–Trinajstić information content (AvgIpc) is 2.53. The first-order valence-corrected chi connectivity index (χ1v) is 6.39. The number of aldehydes is 1. The van der Waals surface area contributed by atoms with E-state index in [1.54, 1.807) is 0 Å². The van der Waals surface area contributed by atoms with E-state index >= 15 is 0 Å². The first-order valence-electron chi connectivity index (χ1n) is 6.39. The summed E-state index contributed by atoms with van der Waals surface area (Å²) in [6, 6.07) is 4.39. The van der Waals surface area contributed by atoms with Gasteiger partial charge in [0.15, 0.2) is 0 Å². The Balaban J connectivity index is 2.67. The molecule has 0 aromatic heterocycles. The van der Waals surface area contributed by atoms with Gasteiger partial charge in [-0.3, -0.25) is 4.79 Å². The zero-order valence-electron chi connectivity index (χ0n) is 11.6. The fourth-order valence-electron chi connectivity index (χ4n) is 2.69. The van der Waals surface area contributed by atoms with Gasteiger partial charge in [-0.15, -0.1) is 0 Å². The Bertz CT molecular complexity index is 461. The molecule has 0 saturated carbocycles. The highest BCUT2D eigenvalue weighted by atomic mass is 16.1. The number of carbonyl (C=O) groups is 1. The molecule has 1 aliphatic rings. The zero-order valence-corrected chi connectivity index (χ0v) is 11.6. The van der Waals surface area contributed by atoms with E-state index in [1.807, 2.05) is 0 Å². The van der Waals surface area contributed by atoms with Crippen molar-refractivity contribution in [3.8, 4) is 0 Å². The van der Waals surface area contributed by atoms with Crippen LogP contribution in [0.1, 0.15) is 68.1 Å². The van der Waals surface area contributed by atoms with E-state index < -0.39 is 0 Å². The van der Waals surface area contributed by atoms with Crippen molar-refractivity contribution in [1.82, 2.24) is 0 Å². The molecule has 0 atom stereocenters. The van der Waals surface area contributed by atoms with Gasteiger partial charge in [-0.05, 0) is 46.4 Å². The highest BCUT2D eigenvalue weighted by Crippen LogP contribution is 2.41. The number of benzene rings is 1. The number of fused-ring (bicyclic) bond motifs is 1. The molecule has 1 aromatic carbocycles. The van der Waals surface area contributed by atoms with Gasteiger partial charge in [0.25, 0.3) is 0 Å². The Morgan fingerprint density at radius 3 is 2.41 bits per heavy atom. The molecule has 92 valence electrons. The highest BCUT2D eigenvalue weighted by Gasteiger charge is 2.32. The topological polar surface area (TPSA) is 17.1 Å². The van der Waals surface area contributed by atoms with Crippen molar-refractivity contribution in [3.05, 3.63) is 34.4 Å². The lowest BCUT2D eigenvalue weighted by atomic mass is 9.80. The maximum atomic E-state index is 11.3. The second kappa shape index (κ2) is 3.69. The van der Waals surface area contributed by atoms with E-state index in [9.17, 15) is 4.79 Å². The summed E-state index contributed by atoms with van der Waals surface area (Å²) in [5, 5.41) is 0. The smallest absolute Gasteiger partial charge is 0.150 e. The molecule has 1 aromatic rings. The maximum absolute atomic E-state index is 11.3. The number of carbonyl (C=O) groups excluding carboxylic acids is 1. The van der Waals surface area contributed by atoms with Gasteiger partial charge in [-0.25, -0.2) is 0 Å². The maximum Gasteiger partial charge on any atom is 0.150 e. The molecule has 1 heteroatoms. The Labute approximate surface area is 104 Å². The van der Waals surface area contributed by atoms with E-state index in [2.05, 4.69) is 46.8 Å². The molecule has 1 nitrogen and oxygen atoms in total. The van der Waals surface area contributed by atoms with Crippen molar-refractivity contribution < 1.29 is 4.79 Å². The van der Waals surface area contributed by atoms with Gasteiger partial charge in [0.2, 0.25) is 0 Å². The minimum absolute atomic E-state index is 0.103. The van der Waals surface area contributed by atoms with Gasteiger partial charge in [-0.1, -0.05) is 40.7 Å². The molecule has 0 heterocycles. The summed E-state index contributed by atoms with van der Waals surface area (Å²) >= 11 is 0. The molecule has 0 amide bonds. The van der Waals surface area contributed by atoms with Crippen LogP contribution >= 0.6 is 0 Å². The molecule has 2 rings (SSSR count). The third-order valence-electron chi connectivity index (χ3n) is 4.01. The fourth-order valence-corrected chi connectivity index (χ4v) is 2.69. The molecule has 0 aliphatic heterocycles. The summed E-state index contributed by atoms with van der Waals surface area (Å²) in [5.41, 5.74) is 5.15. The van der Waals surface area contributed by atoms with Gasteiger partial charge in [0.05, 0.1) is 0 Å². The van der Waals surface area contributed by atoms with E-state index in [1.165, 1.54) is 16.7 Å². The van der Waals surface area contributed by atoms with Crippen LogP contribution in [0.25, 0.3) is 0 Å². The average molecular weight is 230 g/mol. The first-order chi connectivity index (χ1) is 7.75. The fraction of sp³-hybridized carbons (Fsp3) is 0.562. The molecule has 0 fully saturated rings. The summed E-state index contributed by atoms with van der Waals surface area (Å²) in [7, 11) is 0. The normalized spacial score (nSPS) is 17.9. The lowest BCUT2D eigenvalue weighted by Crippen LogP contribution is -2.17. The Morgan fingerprint density at radius 2 is 1.88 bits per heavy atom. The van der Waals surface area contributed by atoms with Crippen molar-refractivity contribution in [3.63, 3.8) is 0 Å². The Hall–Kier alpha value is -1.11. The van der Waals surface area contributed by atoms with E-state index in [0.717, 1.165) is 24.7 Å². The molecule has 17 heavy (non-hydrogen) atoms. The van der Waals surface area contributed by atoms with Crippen LogP contribution in [0.2, 0.25) is 0 Å². The predicted molar refractivity (Wildman–Crippen MR) is 71.9 cm³/mol. The molecule has 0 unspecified atom stereocenters. The summed E-state index contributed by atoms with van der Waals surface area (Å²) in [6.07, 6.45) is 3.22. The Kier molecular flexibility index (Phi) is 2.68. The molecule has 0 saturated heterocycles. The van der Waals surface area contributed by atoms with Crippen LogP contribution in [0, 0.1) is 0 Å². The molecule has 1 aliphatic carbocycles. The largest absolute Gasteiger partial charge is 0.298 e. The van der Waals surface area contributed by atoms with Crippen molar-refractivity contribution in [2.45, 2.75) is 58.3 Å². The Morgan fingerprint density at radius 1 is 1.24 bits per heavy atom. The van der Waals surface area contributed by atoms with Crippen LogP contribution in [-0.2, 0) is 17.3 Å². The molecule has 0 N–H and O–H groups in total. The minimum atomic E-state index is 0.103. The van der Waals surface area contributed by atoms with Gasteiger partial charge in [0.1, 0.15) is 6.29 Å². The summed E-state index contributed by atoms with van der Waals surface area (Å²) < 4.78 is 0. The second-order valence-corrected chi connectivity index (χ2v) is 6.84. The SMILES string of the molecule is CC(C)(C)c1cc(C=O)c2c(c1)C(C)(C)CC2. The van der Waals surface area contributed by atoms with Crippen molar-refractivity contribution >= 4 is 6.29 Å². The van der Waals surface area contributed by atoms with Gasteiger partial charge >= 0.3 is 0 Å². The molecule has 0 bridgehead atoms. The van der Waals surface area contributed by atoms with E-state index in [4.69, 9.17) is 0 Å². The zero-order chi connectivity index (χ0) is 12.8. The van der Waals surface area contributed by atoms with Crippen LogP contribution in [0.5, 0.6) is 0 Å². The quantitative estimate of drug-likeness (QED) is 0.666. The van der Waals surface area contributed by atoms with Crippen molar-refractivity contribution in [1.29, 1.82) is 0 Å². The highest BCUT2D eigenvalue weighted by molar-refractivity contribution is 5.79. The van der Waals surface area contributed by atoms with E-state index in [0.29, 0.717) is 0 Å². The molecule has 0 radical (unpaired) electrons. The van der Waals surface area contributed by atoms with E-state index in [-0.39, 0.29) is 10.8 Å². The standard InChI is InChI=1S/C16H22O/c1-15(2,3)12-8-11(10-17)13-6-7-16(4,5)14(13)9-12/h8-10H,6-7H2,1-5H3.